The number of nitrogens with zero attached hydrogens (tertiary/aromatic N) is 3. The number of aryl methyl sites for hydroxylation is 2. The Hall–Kier alpha value is -1.14. The minimum Gasteiger partial charge on any atom is -0.355 e. The predicted octanol–water partition coefficient (Wildman–Crippen LogP) is 3.08. The molecule has 5 nitrogen and oxygen atoms in total. The van der Waals surface area contributed by atoms with E-state index in [-0.39, 0.29) is 0 Å². The fourth-order valence-electron chi connectivity index (χ4n) is 3.28. The summed E-state index contributed by atoms with van der Waals surface area (Å²) in [6, 6.07) is 0.635. The molecule has 1 aliphatic heterocycles. The molecule has 24 heavy (non-hydrogen) atoms. The first-order valence-electron chi connectivity index (χ1n) is 9.25. The molecule has 1 atom stereocenters. The Balaban J connectivity index is 1.80. The van der Waals surface area contributed by atoms with Crippen LogP contribution in [0.4, 0.5) is 0 Å². The van der Waals surface area contributed by atoms with Crippen molar-refractivity contribution in [3.05, 3.63) is 15.6 Å². The zero-order valence-electron chi connectivity index (χ0n) is 15.7. The molecule has 1 saturated heterocycles. The van der Waals surface area contributed by atoms with E-state index in [0.717, 1.165) is 29.8 Å². The van der Waals surface area contributed by atoms with Crippen LogP contribution in [0.3, 0.4) is 0 Å². The van der Waals surface area contributed by atoms with Crippen LogP contribution >= 0.6 is 11.3 Å². The molecule has 0 aliphatic carbocycles. The van der Waals surface area contributed by atoms with Gasteiger partial charge in [0.25, 0.3) is 0 Å². The van der Waals surface area contributed by atoms with Crippen molar-refractivity contribution in [1.29, 1.82) is 0 Å². The summed E-state index contributed by atoms with van der Waals surface area (Å²) in [7, 11) is 1.84. The number of hydrogen-bond donors (Lipinski definition) is 2. The molecule has 1 unspecified atom stereocenters. The van der Waals surface area contributed by atoms with Gasteiger partial charge in [-0.15, -0.1) is 11.3 Å². The Bertz CT molecular complexity index is 525. The maximum Gasteiger partial charge on any atom is 0.191 e. The van der Waals surface area contributed by atoms with E-state index >= 15 is 0 Å². The molecular weight excluding hydrogens is 318 g/mol. The second-order valence-electron chi connectivity index (χ2n) is 6.59. The van der Waals surface area contributed by atoms with Crippen LogP contribution in [-0.2, 0) is 6.54 Å². The van der Waals surface area contributed by atoms with E-state index in [4.69, 9.17) is 0 Å². The third-order valence-electron chi connectivity index (χ3n) is 4.69. The van der Waals surface area contributed by atoms with Gasteiger partial charge in [0, 0.05) is 24.5 Å². The van der Waals surface area contributed by atoms with Crippen LogP contribution in [0.1, 0.15) is 54.6 Å². The van der Waals surface area contributed by atoms with E-state index in [9.17, 15) is 0 Å². The van der Waals surface area contributed by atoms with Gasteiger partial charge in [0.2, 0.25) is 0 Å². The average Bonchev–Trinajstić information content (AvgIpc) is 2.91. The number of likely N-dealkylation sites (tertiary alicyclic amines) is 1. The molecule has 0 saturated carbocycles. The average molecular weight is 352 g/mol. The smallest absolute Gasteiger partial charge is 0.191 e. The van der Waals surface area contributed by atoms with Crippen LogP contribution in [0.2, 0.25) is 0 Å². The molecule has 2 heterocycles. The molecule has 1 aromatic heterocycles. The molecule has 0 aromatic carbocycles. The van der Waals surface area contributed by atoms with Crippen molar-refractivity contribution in [2.24, 2.45) is 4.99 Å². The molecule has 0 amide bonds. The summed E-state index contributed by atoms with van der Waals surface area (Å²) in [5, 5.41) is 8.08. The summed E-state index contributed by atoms with van der Waals surface area (Å²) in [5.74, 6) is 0.890. The van der Waals surface area contributed by atoms with Crippen LogP contribution in [0.15, 0.2) is 4.99 Å². The lowest BCUT2D eigenvalue weighted by molar-refractivity contribution is 0.147. The van der Waals surface area contributed by atoms with Crippen LogP contribution in [0.5, 0.6) is 0 Å². The number of aromatic nitrogens is 1. The van der Waals surface area contributed by atoms with Crippen molar-refractivity contribution in [1.82, 2.24) is 20.5 Å². The Morgan fingerprint density at radius 1 is 1.33 bits per heavy atom. The number of nitrogens with one attached hydrogen (secondary N) is 2. The first-order valence-corrected chi connectivity index (χ1v) is 10.1. The number of thiazole rings is 1. The lowest BCUT2D eigenvalue weighted by Crippen LogP contribution is -2.49. The van der Waals surface area contributed by atoms with E-state index in [1.807, 2.05) is 7.05 Å². The lowest BCUT2D eigenvalue weighted by atomic mass is 10.0. The van der Waals surface area contributed by atoms with Crippen molar-refractivity contribution >= 4 is 17.3 Å². The molecule has 136 valence electrons. The Kier molecular flexibility index (Phi) is 7.99. The first-order chi connectivity index (χ1) is 11.6. The summed E-state index contributed by atoms with van der Waals surface area (Å²) < 4.78 is 0. The van der Waals surface area contributed by atoms with Crippen molar-refractivity contribution < 1.29 is 0 Å². The lowest BCUT2D eigenvalue weighted by Gasteiger charge is -2.36. The number of rotatable bonds is 7. The van der Waals surface area contributed by atoms with E-state index in [1.54, 1.807) is 11.3 Å². The molecule has 2 N–H and O–H groups in total. The fourth-order valence-corrected chi connectivity index (χ4v) is 4.16. The molecule has 0 bridgehead atoms. The zero-order chi connectivity index (χ0) is 17.4. The van der Waals surface area contributed by atoms with E-state index in [2.05, 4.69) is 46.3 Å². The van der Waals surface area contributed by atoms with Gasteiger partial charge in [-0.3, -0.25) is 9.89 Å². The maximum absolute atomic E-state index is 4.48. The maximum atomic E-state index is 4.48. The topological polar surface area (TPSA) is 52.5 Å². The van der Waals surface area contributed by atoms with Crippen molar-refractivity contribution in [3.63, 3.8) is 0 Å². The highest BCUT2D eigenvalue weighted by Gasteiger charge is 2.21. The van der Waals surface area contributed by atoms with Crippen LogP contribution in [-0.4, -0.2) is 48.6 Å². The molecule has 0 spiro atoms. The highest BCUT2D eigenvalue weighted by Crippen LogP contribution is 2.18. The van der Waals surface area contributed by atoms with Crippen LogP contribution < -0.4 is 10.6 Å². The second kappa shape index (κ2) is 9.99. The normalized spacial score (nSPS) is 19.5. The van der Waals surface area contributed by atoms with Gasteiger partial charge < -0.3 is 10.6 Å². The standard InChI is InChI=1S/C18H33N5S/c1-5-6-10-23-11-8-7-9-16(23)12-20-18(19-4)21-13-17-14(2)22-15(3)24-17/h16H,5-13H2,1-4H3,(H2,19,20,21). The molecule has 1 aliphatic rings. The van der Waals surface area contributed by atoms with Crippen LogP contribution in [0.25, 0.3) is 0 Å². The molecule has 2 rings (SSSR count). The minimum atomic E-state index is 0.635. The number of aliphatic imine (C=N–C) groups is 1. The van der Waals surface area contributed by atoms with Crippen LogP contribution in [0, 0.1) is 13.8 Å². The van der Waals surface area contributed by atoms with Gasteiger partial charge in [-0.05, 0) is 46.2 Å². The summed E-state index contributed by atoms with van der Waals surface area (Å²) in [5.41, 5.74) is 1.12. The third kappa shape index (κ3) is 5.74. The third-order valence-corrected chi connectivity index (χ3v) is 5.77. The van der Waals surface area contributed by atoms with Gasteiger partial charge in [-0.25, -0.2) is 4.98 Å². The van der Waals surface area contributed by atoms with Gasteiger partial charge >= 0.3 is 0 Å². The van der Waals surface area contributed by atoms with Gasteiger partial charge in [-0.1, -0.05) is 19.8 Å². The Labute approximate surface area is 151 Å². The molecular formula is C18H33N5S. The minimum absolute atomic E-state index is 0.635. The SMILES string of the molecule is CCCCN1CCCCC1CNC(=NC)NCc1sc(C)nc1C. The van der Waals surface area contributed by atoms with Crippen molar-refractivity contribution in [2.45, 2.75) is 65.5 Å². The Morgan fingerprint density at radius 2 is 2.17 bits per heavy atom. The fraction of sp³-hybridized carbons (Fsp3) is 0.778. The van der Waals surface area contributed by atoms with Gasteiger partial charge in [0.1, 0.15) is 0 Å². The highest BCUT2D eigenvalue weighted by molar-refractivity contribution is 7.11. The Morgan fingerprint density at radius 3 is 2.83 bits per heavy atom. The van der Waals surface area contributed by atoms with E-state index in [0.29, 0.717) is 6.04 Å². The number of unbranched alkanes of at least 4 members (excludes halogenated alkanes) is 1. The summed E-state index contributed by atoms with van der Waals surface area (Å²) in [6.45, 7) is 10.6. The van der Waals surface area contributed by atoms with Gasteiger partial charge in [0.05, 0.1) is 17.2 Å². The first kappa shape index (κ1) is 19.2. The molecule has 6 heteroatoms. The highest BCUT2D eigenvalue weighted by atomic mass is 32.1. The zero-order valence-corrected chi connectivity index (χ0v) is 16.5. The number of piperidine rings is 1. The molecule has 1 aromatic rings. The number of hydrogen-bond acceptors (Lipinski definition) is 4. The monoisotopic (exact) mass is 351 g/mol. The predicted molar refractivity (Wildman–Crippen MR) is 104 cm³/mol. The quantitative estimate of drug-likeness (QED) is 0.585. The van der Waals surface area contributed by atoms with Gasteiger partial charge in [-0.2, -0.15) is 0 Å². The van der Waals surface area contributed by atoms with Crippen molar-refractivity contribution in [2.75, 3.05) is 26.7 Å². The molecule has 0 radical (unpaired) electrons. The van der Waals surface area contributed by atoms with Gasteiger partial charge in [0.15, 0.2) is 5.96 Å². The van der Waals surface area contributed by atoms with E-state index < -0.39 is 0 Å². The van der Waals surface area contributed by atoms with E-state index in [1.165, 1.54) is 50.1 Å². The summed E-state index contributed by atoms with van der Waals surface area (Å²) in [6.07, 6.45) is 6.55. The summed E-state index contributed by atoms with van der Waals surface area (Å²) >= 11 is 1.76. The second-order valence-corrected chi connectivity index (χ2v) is 7.88. The number of guanidine groups is 1. The largest absolute Gasteiger partial charge is 0.355 e. The summed E-state index contributed by atoms with van der Waals surface area (Å²) in [4.78, 5) is 12.8. The van der Waals surface area contributed by atoms with Crippen molar-refractivity contribution in [3.8, 4) is 0 Å². The molecule has 1 fully saturated rings.